The number of hydrogen-bond acceptors (Lipinski definition) is 6. The van der Waals surface area contributed by atoms with Gasteiger partial charge in [0.05, 0.1) is 22.8 Å². The van der Waals surface area contributed by atoms with Crippen molar-refractivity contribution in [3.63, 3.8) is 0 Å². The van der Waals surface area contributed by atoms with Gasteiger partial charge in [0.2, 0.25) is 0 Å². The second-order valence-electron chi connectivity index (χ2n) is 4.48. The maximum Gasteiger partial charge on any atom is 0.270 e. The molecule has 22 heavy (non-hydrogen) atoms. The first-order valence-electron chi connectivity index (χ1n) is 5.95. The smallest absolute Gasteiger partial charge is 0.270 e. The molecule has 118 valence electrons. The molecule has 2 N–H and O–H groups in total. The normalized spacial score (nSPS) is 12.3. The summed E-state index contributed by atoms with van der Waals surface area (Å²) in [4.78, 5) is 8.10. The van der Waals surface area contributed by atoms with Gasteiger partial charge in [-0.25, -0.2) is 0 Å². The molecule has 0 aliphatic rings. The molecule has 0 amide bonds. The Morgan fingerprint density at radius 2 is 1.09 bits per heavy atom. The summed E-state index contributed by atoms with van der Waals surface area (Å²) >= 11 is 0. The summed E-state index contributed by atoms with van der Waals surface area (Å²) in [6.45, 7) is 0. The molecular weight excluding hydrogens is 332 g/mol. The van der Waals surface area contributed by atoms with Crippen molar-refractivity contribution in [2.75, 3.05) is 0 Å². The largest absolute Gasteiger partial charge is 0.285 e. The lowest BCUT2D eigenvalue weighted by molar-refractivity contribution is 0.479. The Kier molecular flexibility index (Phi) is 4.56. The Hall–Kier alpha value is -1.88. The van der Waals surface area contributed by atoms with E-state index in [4.69, 9.17) is 9.11 Å². The summed E-state index contributed by atoms with van der Waals surface area (Å²) in [7, 11) is -8.41. The van der Waals surface area contributed by atoms with Crippen LogP contribution in [-0.4, -0.2) is 35.9 Å². The molecule has 0 unspecified atom stereocenters. The maximum absolute atomic E-state index is 10.9. The Morgan fingerprint density at radius 3 is 1.41 bits per heavy atom. The second-order valence-corrected chi connectivity index (χ2v) is 7.39. The van der Waals surface area contributed by atoms with Crippen LogP contribution in [0.2, 0.25) is 0 Å². The van der Waals surface area contributed by atoms with Crippen molar-refractivity contribution in [3.05, 3.63) is 47.8 Å². The zero-order valence-corrected chi connectivity index (χ0v) is 12.7. The second kappa shape index (κ2) is 6.08. The van der Waals surface area contributed by atoms with Crippen LogP contribution in [0.15, 0.2) is 36.4 Å². The van der Waals surface area contributed by atoms with Gasteiger partial charge < -0.3 is 0 Å². The van der Waals surface area contributed by atoms with E-state index in [-0.39, 0.29) is 11.4 Å². The lowest BCUT2D eigenvalue weighted by atomic mass is 10.2. The summed E-state index contributed by atoms with van der Waals surface area (Å²) in [5.41, 5.74) is 0.889. The van der Waals surface area contributed by atoms with E-state index in [0.717, 1.165) is 0 Å². The first-order chi connectivity index (χ1) is 10.1. The molecule has 2 rings (SSSR count). The fourth-order valence-corrected chi connectivity index (χ4v) is 2.85. The lowest BCUT2D eigenvalue weighted by Gasteiger charge is -2.05. The summed E-state index contributed by atoms with van der Waals surface area (Å²) in [5.74, 6) is -1.27. The molecule has 0 fully saturated rings. The van der Waals surface area contributed by atoms with Crippen LogP contribution in [0.25, 0.3) is 11.4 Å². The molecule has 8 nitrogen and oxygen atoms in total. The van der Waals surface area contributed by atoms with Gasteiger partial charge in [-0.15, -0.1) is 0 Å². The van der Waals surface area contributed by atoms with Crippen LogP contribution in [0.4, 0.5) is 0 Å². The zero-order chi connectivity index (χ0) is 16.4. The minimum Gasteiger partial charge on any atom is -0.285 e. The number of nitrogens with zero attached hydrogens (tertiary/aromatic N) is 2. The molecule has 0 bridgehead atoms. The predicted octanol–water partition coefficient (Wildman–Crippen LogP) is 0.919. The van der Waals surface area contributed by atoms with E-state index < -0.39 is 31.7 Å². The van der Waals surface area contributed by atoms with Gasteiger partial charge in [0.15, 0.2) is 0 Å². The number of hydrogen-bond donors (Lipinski definition) is 2. The number of rotatable bonds is 5. The van der Waals surface area contributed by atoms with Crippen molar-refractivity contribution in [1.29, 1.82) is 0 Å². The van der Waals surface area contributed by atoms with Crippen LogP contribution in [0, 0.1) is 0 Å². The highest BCUT2D eigenvalue weighted by Gasteiger charge is 2.12. The summed E-state index contributed by atoms with van der Waals surface area (Å²) < 4.78 is 61.1. The quantitative estimate of drug-likeness (QED) is 0.765. The Bertz CT molecular complexity index is 818. The third kappa shape index (κ3) is 5.15. The highest BCUT2D eigenvalue weighted by molar-refractivity contribution is 7.85. The molecule has 2 heterocycles. The zero-order valence-electron chi connectivity index (χ0n) is 11.1. The maximum atomic E-state index is 10.9. The standard InChI is InChI=1S/C12H12N2O6S2/c15-21(16,17)7-9-3-1-5-11(13-9)12-6-2-4-10(14-12)8-22(18,19)20/h1-6H,7-8H2,(H,15,16,17)(H,18,19,20). The van der Waals surface area contributed by atoms with E-state index in [2.05, 4.69) is 9.97 Å². The molecule has 0 aromatic carbocycles. The van der Waals surface area contributed by atoms with Crippen molar-refractivity contribution in [1.82, 2.24) is 9.97 Å². The first kappa shape index (κ1) is 16.5. The van der Waals surface area contributed by atoms with E-state index in [1.165, 1.54) is 12.1 Å². The monoisotopic (exact) mass is 344 g/mol. The first-order valence-corrected chi connectivity index (χ1v) is 9.17. The molecule has 10 heteroatoms. The van der Waals surface area contributed by atoms with E-state index >= 15 is 0 Å². The molecular formula is C12H12N2O6S2. The van der Waals surface area contributed by atoms with Gasteiger partial charge in [-0.2, -0.15) is 16.8 Å². The summed E-state index contributed by atoms with van der Waals surface area (Å²) in [6, 6.07) is 9.07. The van der Waals surface area contributed by atoms with Crippen molar-refractivity contribution < 1.29 is 25.9 Å². The Balaban J connectivity index is 2.36. The average Bonchev–Trinajstić information content (AvgIpc) is 2.35. The van der Waals surface area contributed by atoms with Gasteiger partial charge in [0, 0.05) is 0 Å². The molecule has 2 aromatic rings. The summed E-state index contributed by atoms with van der Waals surface area (Å²) in [6.07, 6.45) is 0. The van der Waals surface area contributed by atoms with Crippen LogP contribution in [0.5, 0.6) is 0 Å². The fraction of sp³-hybridized carbons (Fsp3) is 0.167. The Morgan fingerprint density at radius 1 is 0.727 bits per heavy atom. The molecule has 0 spiro atoms. The van der Waals surface area contributed by atoms with E-state index in [0.29, 0.717) is 11.4 Å². The molecule has 0 aliphatic heterocycles. The molecule has 0 aliphatic carbocycles. The topological polar surface area (TPSA) is 135 Å². The van der Waals surface area contributed by atoms with Crippen LogP contribution < -0.4 is 0 Å². The van der Waals surface area contributed by atoms with Crippen LogP contribution >= 0.6 is 0 Å². The van der Waals surface area contributed by atoms with Crippen molar-refractivity contribution >= 4 is 20.2 Å². The van der Waals surface area contributed by atoms with Gasteiger partial charge in [-0.3, -0.25) is 19.1 Å². The Labute approximate surface area is 127 Å². The van der Waals surface area contributed by atoms with E-state index in [1.54, 1.807) is 24.3 Å². The van der Waals surface area contributed by atoms with Gasteiger partial charge in [-0.1, -0.05) is 12.1 Å². The van der Waals surface area contributed by atoms with Crippen LogP contribution in [-0.2, 0) is 31.7 Å². The minimum atomic E-state index is -4.20. The number of aromatic nitrogens is 2. The third-order valence-electron chi connectivity index (χ3n) is 2.54. The minimum absolute atomic E-state index is 0.127. The highest BCUT2D eigenvalue weighted by Crippen LogP contribution is 2.17. The SMILES string of the molecule is O=S(=O)(O)Cc1cccc(-c2cccc(CS(=O)(=O)O)n2)n1. The molecule has 0 atom stereocenters. The van der Waals surface area contributed by atoms with Crippen LogP contribution in [0.1, 0.15) is 11.4 Å². The van der Waals surface area contributed by atoms with Crippen molar-refractivity contribution in [2.24, 2.45) is 0 Å². The van der Waals surface area contributed by atoms with Crippen molar-refractivity contribution in [3.8, 4) is 11.4 Å². The highest BCUT2D eigenvalue weighted by atomic mass is 32.2. The molecule has 2 aromatic heterocycles. The molecule has 0 saturated heterocycles. The number of pyridine rings is 2. The fourth-order valence-electron chi connectivity index (χ4n) is 1.78. The third-order valence-corrected chi connectivity index (χ3v) is 3.86. The van der Waals surface area contributed by atoms with Gasteiger partial charge in [0.1, 0.15) is 11.5 Å². The molecule has 0 saturated carbocycles. The van der Waals surface area contributed by atoms with E-state index in [1.807, 2.05) is 0 Å². The van der Waals surface area contributed by atoms with Gasteiger partial charge in [-0.05, 0) is 24.3 Å². The van der Waals surface area contributed by atoms with Gasteiger partial charge >= 0.3 is 0 Å². The molecule has 0 radical (unpaired) electrons. The van der Waals surface area contributed by atoms with Crippen molar-refractivity contribution in [2.45, 2.75) is 11.5 Å². The average molecular weight is 344 g/mol. The predicted molar refractivity (Wildman–Crippen MR) is 78.0 cm³/mol. The van der Waals surface area contributed by atoms with Gasteiger partial charge in [0.25, 0.3) is 20.2 Å². The lowest BCUT2D eigenvalue weighted by Crippen LogP contribution is -2.05. The summed E-state index contributed by atoms with van der Waals surface area (Å²) in [5, 5.41) is 0. The van der Waals surface area contributed by atoms with Crippen LogP contribution in [0.3, 0.4) is 0 Å². The van der Waals surface area contributed by atoms with E-state index in [9.17, 15) is 16.8 Å².